The first-order valence-corrected chi connectivity index (χ1v) is 7.64. The van der Waals surface area contributed by atoms with Crippen LogP contribution in [0.15, 0.2) is 36.4 Å². The van der Waals surface area contributed by atoms with Crippen LogP contribution in [0.3, 0.4) is 0 Å². The normalized spacial score (nSPS) is 11.6. The van der Waals surface area contributed by atoms with Crippen LogP contribution in [-0.4, -0.2) is 29.3 Å². The molecule has 0 spiro atoms. The molecule has 0 aliphatic heterocycles. The molecule has 2 N–H and O–H groups in total. The first-order chi connectivity index (χ1) is 11.1. The molecule has 2 aromatic rings. The summed E-state index contributed by atoms with van der Waals surface area (Å²) in [5.41, 5.74) is 1.34. The fourth-order valence-corrected chi connectivity index (χ4v) is 1.98. The molecular weight excluding hydrogens is 292 g/mol. The average molecular weight is 314 g/mol. The topological polar surface area (TPSA) is 76.1 Å². The molecule has 1 amide bonds. The quantitative estimate of drug-likeness (QED) is 0.821. The van der Waals surface area contributed by atoms with Crippen molar-refractivity contribution in [3.05, 3.63) is 47.7 Å². The predicted octanol–water partition coefficient (Wildman–Crippen LogP) is 2.63. The first-order valence-electron chi connectivity index (χ1n) is 7.64. The zero-order valence-corrected chi connectivity index (χ0v) is 13.7. The van der Waals surface area contributed by atoms with E-state index in [-0.39, 0.29) is 11.9 Å². The van der Waals surface area contributed by atoms with Gasteiger partial charge in [-0.15, -0.1) is 10.2 Å². The Morgan fingerprint density at radius 2 is 2.00 bits per heavy atom. The van der Waals surface area contributed by atoms with Gasteiger partial charge in [-0.1, -0.05) is 25.1 Å². The van der Waals surface area contributed by atoms with E-state index in [1.54, 1.807) is 19.2 Å². The Labute approximate surface area is 136 Å². The van der Waals surface area contributed by atoms with E-state index in [0.717, 1.165) is 17.7 Å². The number of anilines is 1. The number of methoxy groups -OCH3 is 1. The van der Waals surface area contributed by atoms with E-state index in [1.807, 2.05) is 38.1 Å². The molecule has 122 valence electrons. The van der Waals surface area contributed by atoms with Crippen LogP contribution in [0.25, 0.3) is 0 Å². The number of carbonyl (C=O) groups is 1. The van der Waals surface area contributed by atoms with Crippen molar-refractivity contribution in [2.45, 2.75) is 32.9 Å². The van der Waals surface area contributed by atoms with Crippen LogP contribution in [0.2, 0.25) is 0 Å². The van der Waals surface area contributed by atoms with Crippen LogP contribution in [0.1, 0.15) is 36.3 Å². The monoisotopic (exact) mass is 314 g/mol. The summed E-state index contributed by atoms with van der Waals surface area (Å²) < 4.78 is 5.30. The van der Waals surface area contributed by atoms with Crippen molar-refractivity contribution in [3.8, 4) is 5.75 Å². The number of ether oxygens (including phenoxy) is 1. The summed E-state index contributed by atoms with van der Waals surface area (Å²) in [6, 6.07) is 11.3. The van der Waals surface area contributed by atoms with Crippen LogP contribution in [0, 0.1) is 0 Å². The lowest BCUT2D eigenvalue weighted by Crippen LogP contribution is -2.32. The second kappa shape index (κ2) is 8.12. The molecule has 1 aromatic carbocycles. The van der Waals surface area contributed by atoms with Crippen LogP contribution in [0.5, 0.6) is 5.75 Å². The van der Waals surface area contributed by atoms with Gasteiger partial charge in [-0.25, -0.2) is 0 Å². The second-order valence-electron chi connectivity index (χ2n) is 5.25. The molecule has 1 heterocycles. The minimum absolute atomic E-state index is 0.118. The lowest BCUT2D eigenvalue weighted by molar-refractivity contribution is 0.0933. The number of hydrogen-bond acceptors (Lipinski definition) is 5. The second-order valence-corrected chi connectivity index (χ2v) is 5.25. The zero-order valence-electron chi connectivity index (χ0n) is 13.7. The maximum absolute atomic E-state index is 11.9. The van der Waals surface area contributed by atoms with Gasteiger partial charge in [0.25, 0.3) is 5.91 Å². The SMILES string of the molecule is CCC(C)NC(=O)c1ccc(NCc2ccccc2OC)nn1. The molecular formula is C17H22N4O2. The summed E-state index contributed by atoms with van der Waals surface area (Å²) in [6.07, 6.45) is 0.873. The number of carbonyl (C=O) groups excluding carboxylic acids is 1. The predicted molar refractivity (Wildman–Crippen MR) is 89.6 cm³/mol. The fraction of sp³-hybridized carbons (Fsp3) is 0.353. The van der Waals surface area contributed by atoms with E-state index < -0.39 is 0 Å². The molecule has 1 atom stereocenters. The van der Waals surface area contributed by atoms with Crippen molar-refractivity contribution in [1.82, 2.24) is 15.5 Å². The zero-order chi connectivity index (χ0) is 16.7. The smallest absolute Gasteiger partial charge is 0.272 e. The molecule has 0 aliphatic rings. The van der Waals surface area contributed by atoms with E-state index in [2.05, 4.69) is 20.8 Å². The standard InChI is InChI=1S/C17H22N4O2/c1-4-12(2)19-17(22)14-9-10-16(21-20-14)18-11-13-7-5-6-8-15(13)23-3/h5-10,12H,4,11H2,1-3H3,(H,18,21)(H,19,22). The first kappa shape index (κ1) is 16.7. The van der Waals surface area contributed by atoms with Crippen LogP contribution >= 0.6 is 0 Å². The highest BCUT2D eigenvalue weighted by atomic mass is 16.5. The molecule has 1 aromatic heterocycles. The molecule has 0 saturated heterocycles. The van der Waals surface area contributed by atoms with Gasteiger partial charge in [-0.3, -0.25) is 4.79 Å². The number of nitrogens with one attached hydrogen (secondary N) is 2. The van der Waals surface area contributed by atoms with Gasteiger partial charge in [0.05, 0.1) is 7.11 Å². The van der Waals surface area contributed by atoms with Crippen molar-refractivity contribution in [1.29, 1.82) is 0 Å². The molecule has 23 heavy (non-hydrogen) atoms. The van der Waals surface area contributed by atoms with E-state index in [1.165, 1.54) is 0 Å². The van der Waals surface area contributed by atoms with Crippen LogP contribution in [0.4, 0.5) is 5.82 Å². The van der Waals surface area contributed by atoms with Crippen molar-refractivity contribution in [2.75, 3.05) is 12.4 Å². The van der Waals surface area contributed by atoms with E-state index >= 15 is 0 Å². The summed E-state index contributed by atoms with van der Waals surface area (Å²) >= 11 is 0. The molecule has 2 rings (SSSR count). The molecule has 6 nitrogen and oxygen atoms in total. The van der Waals surface area contributed by atoms with Gasteiger partial charge in [0, 0.05) is 18.2 Å². The number of amides is 1. The number of aromatic nitrogens is 2. The molecule has 0 saturated carbocycles. The van der Waals surface area contributed by atoms with Crippen LogP contribution < -0.4 is 15.4 Å². The Bertz CT molecular complexity index is 643. The summed E-state index contributed by atoms with van der Waals surface area (Å²) in [4.78, 5) is 11.9. The molecule has 6 heteroatoms. The third kappa shape index (κ3) is 4.67. The summed E-state index contributed by atoms with van der Waals surface area (Å²) in [6.45, 7) is 4.53. The Balaban J connectivity index is 1.96. The van der Waals surface area contributed by atoms with Crippen molar-refractivity contribution >= 4 is 11.7 Å². The summed E-state index contributed by atoms with van der Waals surface area (Å²) in [5.74, 6) is 1.22. The van der Waals surface area contributed by atoms with E-state index in [4.69, 9.17) is 4.74 Å². The molecule has 0 aliphatic carbocycles. The fourth-order valence-electron chi connectivity index (χ4n) is 1.98. The molecule has 0 bridgehead atoms. The number of nitrogens with zero attached hydrogens (tertiary/aromatic N) is 2. The number of para-hydroxylation sites is 1. The van der Waals surface area contributed by atoms with Gasteiger partial charge >= 0.3 is 0 Å². The average Bonchev–Trinajstić information content (AvgIpc) is 2.60. The van der Waals surface area contributed by atoms with Crippen molar-refractivity contribution in [2.24, 2.45) is 0 Å². The number of hydrogen-bond donors (Lipinski definition) is 2. The number of rotatable bonds is 7. The van der Waals surface area contributed by atoms with Gasteiger partial charge in [0.1, 0.15) is 11.6 Å². The summed E-state index contributed by atoms with van der Waals surface area (Å²) in [5, 5.41) is 14.0. The van der Waals surface area contributed by atoms with Gasteiger partial charge in [0.2, 0.25) is 0 Å². The van der Waals surface area contributed by atoms with Gasteiger partial charge in [-0.05, 0) is 31.5 Å². The lowest BCUT2D eigenvalue weighted by Gasteiger charge is -2.11. The maximum atomic E-state index is 11.9. The van der Waals surface area contributed by atoms with Crippen LogP contribution in [-0.2, 0) is 6.54 Å². The Kier molecular flexibility index (Phi) is 5.91. The third-order valence-electron chi connectivity index (χ3n) is 3.54. The number of benzene rings is 1. The Morgan fingerprint density at radius 1 is 1.22 bits per heavy atom. The lowest BCUT2D eigenvalue weighted by atomic mass is 10.2. The van der Waals surface area contributed by atoms with Gasteiger partial charge in [0.15, 0.2) is 5.69 Å². The maximum Gasteiger partial charge on any atom is 0.272 e. The third-order valence-corrected chi connectivity index (χ3v) is 3.54. The Hall–Kier alpha value is -2.63. The van der Waals surface area contributed by atoms with Crippen molar-refractivity contribution < 1.29 is 9.53 Å². The molecule has 1 unspecified atom stereocenters. The highest BCUT2D eigenvalue weighted by Gasteiger charge is 2.10. The van der Waals surface area contributed by atoms with Crippen molar-refractivity contribution in [3.63, 3.8) is 0 Å². The van der Waals surface area contributed by atoms with Gasteiger partial charge < -0.3 is 15.4 Å². The largest absolute Gasteiger partial charge is 0.496 e. The summed E-state index contributed by atoms with van der Waals surface area (Å²) in [7, 11) is 1.64. The highest BCUT2D eigenvalue weighted by Crippen LogP contribution is 2.18. The minimum atomic E-state index is -0.205. The van der Waals surface area contributed by atoms with Gasteiger partial charge in [-0.2, -0.15) is 0 Å². The van der Waals surface area contributed by atoms with E-state index in [9.17, 15) is 4.79 Å². The molecule has 0 fully saturated rings. The molecule has 0 radical (unpaired) electrons. The highest BCUT2D eigenvalue weighted by molar-refractivity contribution is 5.92. The Morgan fingerprint density at radius 3 is 2.65 bits per heavy atom. The van der Waals surface area contributed by atoms with E-state index in [0.29, 0.717) is 18.1 Å². The minimum Gasteiger partial charge on any atom is -0.496 e.